The zero-order valence-electron chi connectivity index (χ0n) is 9.47. The van der Waals surface area contributed by atoms with Gasteiger partial charge >= 0.3 is 18.0 Å². The normalized spacial score (nSPS) is 23.6. The highest BCUT2D eigenvalue weighted by molar-refractivity contribution is 5.86. The minimum absolute atomic E-state index is 0.0827. The molecule has 3 atom stereocenters. The molecule has 0 aromatic heterocycles. The lowest BCUT2D eigenvalue weighted by Crippen LogP contribution is -2.47. The maximum absolute atomic E-state index is 11.4. The quantitative estimate of drug-likeness (QED) is 0.525. The predicted octanol–water partition coefficient (Wildman–Crippen LogP) is 0.0120. The molecule has 1 aliphatic carbocycles. The first-order valence-corrected chi connectivity index (χ1v) is 5.45. The summed E-state index contributed by atoms with van der Waals surface area (Å²) in [7, 11) is 0. The lowest BCUT2D eigenvalue weighted by Gasteiger charge is -2.13. The molecule has 0 aromatic carbocycles. The van der Waals surface area contributed by atoms with Gasteiger partial charge in [-0.05, 0) is 12.3 Å². The van der Waals surface area contributed by atoms with Gasteiger partial charge in [-0.2, -0.15) is 0 Å². The Morgan fingerprint density at radius 3 is 2.41 bits per heavy atom. The van der Waals surface area contributed by atoms with Crippen LogP contribution in [0.5, 0.6) is 0 Å². The van der Waals surface area contributed by atoms with Gasteiger partial charge in [0.25, 0.3) is 0 Å². The van der Waals surface area contributed by atoms with E-state index in [-0.39, 0.29) is 6.04 Å². The highest BCUT2D eigenvalue weighted by Gasteiger charge is 2.37. The van der Waals surface area contributed by atoms with Crippen LogP contribution in [0.3, 0.4) is 0 Å². The second-order valence-electron chi connectivity index (χ2n) is 4.12. The zero-order valence-corrected chi connectivity index (χ0v) is 9.47. The molecular weight excluding hydrogens is 228 g/mol. The Morgan fingerprint density at radius 2 is 2.00 bits per heavy atom. The van der Waals surface area contributed by atoms with E-state index in [9.17, 15) is 14.4 Å². The summed E-state index contributed by atoms with van der Waals surface area (Å²) in [5.74, 6) is -2.18. The molecule has 1 aliphatic rings. The number of amides is 2. The molecule has 17 heavy (non-hydrogen) atoms. The number of rotatable bonds is 6. The van der Waals surface area contributed by atoms with Crippen LogP contribution in [0, 0.1) is 5.92 Å². The van der Waals surface area contributed by atoms with Gasteiger partial charge in [-0.1, -0.05) is 13.3 Å². The molecule has 1 fully saturated rings. The molecule has 2 amide bonds. The number of carbonyl (C=O) groups is 3. The Morgan fingerprint density at radius 1 is 1.35 bits per heavy atom. The molecule has 0 aliphatic heterocycles. The number of carbonyl (C=O) groups excluding carboxylic acids is 1. The first-order valence-electron chi connectivity index (χ1n) is 5.45. The van der Waals surface area contributed by atoms with Crippen LogP contribution in [0.15, 0.2) is 0 Å². The number of carboxylic acid groups (broad SMARTS) is 2. The summed E-state index contributed by atoms with van der Waals surface area (Å²) in [5.41, 5.74) is 0. The highest BCUT2D eigenvalue weighted by Crippen LogP contribution is 2.32. The van der Waals surface area contributed by atoms with Crippen LogP contribution < -0.4 is 10.6 Å². The highest BCUT2D eigenvalue weighted by atomic mass is 16.4. The topological polar surface area (TPSA) is 116 Å². The molecule has 96 valence electrons. The lowest BCUT2D eigenvalue weighted by molar-refractivity contribution is -0.145. The molecule has 3 unspecified atom stereocenters. The van der Waals surface area contributed by atoms with E-state index in [0.717, 1.165) is 12.8 Å². The van der Waals surface area contributed by atoms with Gasteiger partial charge in [-0.25, -0.2) is 9.59 Å². The minimum Gasteiger partial charge on any atom is -0.481 e. The number of aliphatic carboxylic acids is 2. The second kappa shape index (κ2) is 5.51. The van der Waals surface area contributed by atoms with E-state index in [2.05, 4.69) is 10.6 Å². The van der Waals surface area contributed by atoms with E-state index in [1.807, 2.05) is 6.92 Å². The van der Waals surface area contributed by atoms with Gasteiger partial charge in [0.1, 0.15) is 6.04 Å². The molecule has 7 nitrogen and oxygen atoms in total. The van der Waals surface area contributed by atoms with Crippen LogP contribution in [-0.4, -0.2) is 40.3 Å². The van der Waals surface area contributed by atoms with Crippen LogP contribution in [-0.2, 0) is 9.59 Å². The smallest absolute Gasteiger partial charge is 0.326 e. The maximum atomic E-state index is 11.4. The Labute approximate surface area is 98.2 Å². The standard InChI is InChI=1S/C10H16N2O5/c1-2-5-3-6(5)11-10(17)12-7(9(15)16)4-8(13)14/h5-7H,2-4H2,1H3,(H,13,14)(H,15,16)(H2,11,12,17). The molecule has 0 heterocycles. The summed E-state index contributed by atoms with van der Waals surface area (Å²) in [4.78, 5) is 32.5. The van der Waals surface area contributed by atoms with Crippen molar-refractivity contribution in [3.8, 4) is 0 Å². The van der Waals surface area contributed by atoms with E-state index in [4.69, 9.17) is 10.2 Å². The summed E-state index contributed by atoms with van der Waals surface area (Å²) < 4.78 is 0. The molecule has 0 aromatic rings. The average Bonchev–Trinajstić information content (AvgIpc) is 2.94. The van der Waals surface area contributed by atoms with Crippen LogP contribution in [0.4, 0.5) is 4.79 Å². The van der Waals surface area contributed by atoms with E-state index in [1.165, 1.54) is 0 Å². The third-order valence-electron chi connectivity index (χ3n) is 2.75. The van der Waals surface area contributed by atoms with Crippen LogP contribution in [0.1, 0.15) is 26.2 Å². The summed E-state index contributed by atoms with van der Waals surface area (Å²) in [6, 6.07) is -1.94. The van der Waals surface area contributed by atoms with E-state index >= 15 is 0 Å². The maximum Gasteiger partial charge on any atom is 0.326 e. The first-order chi connectivity index (χ1) is 7.93. The average molecular weight is 244 g/mol. The second-order valence-corrected chi connectivity index (χ2v) is 4.12. The summed E-state index contributed by atoms with van der Waals surface area (Å²) in [6.45, 7) is 2.01. The monoisotopic (exact) mass is 244 g/mol. The largest absolute Gasteiger partial charge is 0.481 e. The predicted molar refractivity (Wildman–Crippen MR) is 57.5 cm³/mol. The van der Waals surface area contributed by atoms with Crippen molar-refractivity contribution in [2.45, 2.75) is 38.3 Å². The van der Waals surface area contributed by atoms with Gasteiger partial charge in [0, 0.05) is 6.04 Å². The first kappa shape index (κ1) is 13.3. The zero-order chi connectivity index (χ0) is 13.0. The third kappa shape index (κ3) is 4.29. The fourth-order valence-corrected chi connectivity index (χ4v) is 1.62. The van der Waals surface area contributed by atoms with Crippen molar-refractivity contribution >= 4 is 18.0 Å². The van der Waals surface area contributed by atoms with Gasteiger partial charge in [0.15, 0.2) is 0 Å². The van der Waals surface area contributed by atoms with Gasteiger partial charge < -0.3 is 20.8 Å². The third-order valence-corrected chi connectivity index (χ3v) is 2.75. The Hall–Kier alpha value is -1.79. The Balaban J connectivity index is 2.36. The fraction of sp³-hybridized carbons (Fsp3) is 0.700. The van der Waals surface area contributed by atoms with Crippen molar-refractivity contribution in [2.75, 3.05) is 0 Å². The summed E-state index contributed by atoms with van der Waals surface area (Å²) in [6.07, 6.45) is 1.22. The summed E-state index contributed by atoms with van der Waals surface area (Å²) in [5, 5.41) is 21.9. The van der Waals surface area contributed by atoms with Crippen LogP contribution >= 0.6 is 0 Å². The molecular formula is C10H16N2O5. The van der Waals surface area contributed by atoms with E-state index < -0.39 is 30.4 Å². The van der Waals surface area contributed by atoms with Crippen molar-refractivity contribution < 1.29 is 24.6 Å². The Bertz CT molecular complexity index is 331. The SMILES string of the molecule is CCC1CC1NC(=O)NC(CC(=O)O)C(=O)O. The van der Waals surface area contributed by atoms with Gasteiger partial charge in [-0.3, -0.25) is 4.79 Å². The van der Waals surface area contributed by atoms with Crippen LogP contribution in [0.2, 0.25) is 0 Å². The van der Waals surface area contributed by atoms with E-state index in [0.29, 0.717) is 5.92 Å². The van der Waals surface area contributed by atoms with Gasteiger partial charge in [0.2, 0.25) is 0 Å². The number of urea groups is 1. The Kier molecular flexibility index (Phi) is 4.30. The number of carboxylic acids is 2. The molecule has 0 spiro atoms. The number of hydrogen-bond donors (Lipinski definition) is 4. The summed E-state index contributed by atoms with van der Waals surface area (Å²) >= 11 is 0. The van der Waals surface area contributed by atoms with Crippen molar-refractivity contribution in [3.63, 3.8) is 0 Å². The fourth-order valence-electron chi connectivity index (χ4n) is 1.62. The molecule has 4 N–H and O–H groups in total. The molecule has 7 heteroatoms. The van der Waals surface area contributed by atoms with Crippen LogP contribution in [0.25, 0.3) is 0 Å². The van der Waals surface area contributed by atoms with Gasteiger partial charge in [-0.15, -0.1) is 0 Å². The molecule has 0 bridgehead atoms. The number of hydrogen-bond acceptors (Lipinski definition) is 3. The van der Waals surface area contributed by atoms with Crippen molar-refractivity contribution in [3.05, 3.63) is 0 Å². The minimum atomic E-state index is -1.40. The van der Waals surface area contributed by atoms with Gasteiger partial charge in [0.05, 0.1) is 6.42 Å². The molecule has 0 saturated heterocycles. The molecule has 0 radical (unpaired) electrons. The lowest BCUT2D eigenvalue weighted by atomic mass is 10.2. The molecule has 1 saturated carbocycles. The molecule has 1 rings (SSSR count). The van der Waals surface area contributed by atoms with E-state index in [1.54, 1.807) is 0 Å². The number of nitrogens with one attached hydrogen (secondary N) is 2. The van der Waals surface area contributed by atoms with Crippen molar-refractivity contribution in [1.82, 2.24) is 10.6 Å². The van der Waals surface area contributed by atoms with Crippen molar-refractivity contribution in [1.29, 1.82) is 0 Å². The van der Waals surface area contributed by atoms with Crippen molar-refractivity contribution in [2.24, 2.45) is 5.92 Å².